The number of rotatable bonds is 3. The van der Waals surface area contributed by atoms with Gasteiger partial charge in [-0.15, -0.1) is 0 Å². The van der Waals surface area contributed by atoms with E-state index in [9.17, 15) is 13.6 Å². The monoisotopic (exact) mass is 224 g/mol. The Kier molecular flexibility index (Phi) is 2.56. The molecule has 2 rings (SSSR count). The minimum absolute atomic E-state index is 0.0545. The number of ketones is 1. The number of hydrogen-bond acceptors (Lipinski definition) is 1. The van der Waals surface area contributed by atoms with Crippen LogP contribution in [0.15, 0.2) is 18.2 Å². The van der Waals surface area contributed by atoms with E-state index in [1.165, 1.54) is 12.1 Å². The smallest absolute Gasteiger partial charge is 0.140 e. The molecule has 1 saturated carbocycles. The minimum Gasteiger partial charge on any atom is -0.299 e. The molecule has 0 spiro atoms. The number of carbonyl (C=O) groups excluding carboxylic acids is 1. The van der Waals surface area contributed by atoms with Crippen LogP contribution in [-0.4, -0.2) is 5.78 Å². The van der Waals surface area contributed by atoms with E-state index < -0.39 is 11.6 Å². The van der Waals surface area contributed by atoms with E-state index in [1.807, 2.05) is 13.8 Å². The summed E-state index contributed by atoms with van der Waals surface area (Å²) in [6.45, 7) is 4.06. The van der Waals surface area contributed by atoms with Crippen molar-refractivity contribution in [3.8, 4) is 0 Å². The highest BCUT2D eigenvalue weighted by Gasteiger charge is 2.49. The van der Waals surface area contributed by atoms with Gasteiger partial charge in [-0.3, -0.25) is 4.79 Å². The van der Waals surface area contributed by atoms with E-state index in [2.05, 4.69) is 0 Å². The number of benzene rings is 1. The molecule has 0 N–H and O–H groups in total. The molecule has 1 aliphatic rings. The second-order valence-electron chi connectivity index (χ2n) is 5.17. The van der Waals surface area contributed by atoms with Crippen LogP contribution in [0.1, 0.15) is 25.8 Å². The Morgan fingerprint density at radius 1 is 1.31 bits per heavy atom. The van der Waals surface area contributed by atoms with Crippen LogP contribution in [0, 0.1) is 23.0 Å². The Balaban J connectivity index is 2.07. The van der Waals surface area contributed by atoms with E-state index >= 15 is 0 Å². The van der Waals surface area contributed by atoms with Gasteiger partial charge in [-0.1, -0.05) is 13.8 Å². The van der Waals surface area contributed by atoms with Gasteiger partial charge in [0, 0.05) is 18.4 Å². The van der Waals surface area contributed by atoms with Crippen molar-refractivity contribution < 1.29 is 13.6 Å². The Labute approximate surface area is 93.5 Å². The predicted octanol–water partition coefficient (Wildman–Crippen LogP) is 3.12. The molecule has 3 heteroatoms. The quantitative estimate of drug-likeness (QED) is 0.771. The second-order valence-corrected chi connectivity index (χ2v) is 5.17. The fraction of sp³-hybridized carbons (Fsp3) is 0.462. The molecule has 0 bridgehead atoms. The Morgan fingerprint density at radius 3 is 2.25 bits per heavy atom. The highest BCUT2D eigenvalue weighted by Crippen LogP contribution is 2.52. The SMILES string of the molecule is CC1(C)CC1C(=O)Cc1cc(F)cc(F)c1. The summed E-state index contributed by atoms with van der Waals surface area (Å²) in [7, 11) is 0. The molecule has 86 valence electrons. The highest BCUT2D eigenvalue weighted by molar-refractivity contribution is 5.86. The largest absolute Gasteiger partial charge is 0.299 e. The normalized spacial score (nSPS) is 21.9. The van der Waals surface area contributed by atoms with Gasteiger partial charge in [0.1, 0.15) is 17.4 Å². The van der Waals surface area contributed by atoms with Crippen LogP contribution in [0.2, 0.25) is 0 Å². The molecule has 16 heavy (non-hydrogen) atoms. The lowest BCUT2D eigenvalue weighted by Gasteiger charge is -2.03. The van der Waals surface area contributed by atoms with Crippen LogP contribution in [0.4, 0.5) is 8.78 Å². The van der Waals surface area contributed by atoms with Crippen molar-refractivity contribution in [2.75, 3.05) is 0 Å². The Morgan fingerprint density at radius 2 is 1.81 bits per heavy atom. The average molecular weight is 224 g/mol. The molecule has 1 aromatic rings. The summed E-state index contributed by atoms with van der Waals surface area (Å²) in [5.41, 5.74) is 0.494. The van der Waals surface area contributed by atoms with E-state index in [-0.39, 0.29) is 23.5 Å². The second kappa shape index (κ2) is 3.65. The summed E-state index contributed by atoms with van der Waals surface area (Å²) in [5.74, 6) is -1.12. The van der Waals surface area contributed by atoms with Crippen LogP contribution >= 0.6 is 0 Å². The molecule has 0 aliphatic heterocycles. The topological polar surface area (TPSA) is 17.1 Å². The number of halogens is 2. The maximum Gasteiger partial charge on any atom is 0.140 e. The van der Waals surface area contributed by atoms with Crippen molar-refractivity contribution in [1.82, 2.24) is 0 Å². The first-order valence-electron chi connectivity index (χ1n) is 5.36. The Bertz CT molecular complexity index is 417. The summed E-state index contributed by atoms with van der Waals surface area (Å²) >= 11 is 0. The summed E-state index contributed by atoms with van der Waals surface area (Å²) in [4.78, 5) is 11.8. The zero-order valence-corrected chi connectivity index (χ0v) is 9.39. The van der Waals surface area contributed by atoms with Gasteiger partial charge in [-0.2, -0.15) is 0 Å². The summed E-state index contributed by atoms with van der Waals surface area (Å²) < 4.78 is 25.8. The van der Waals surface area contributed by atoms with Gasteiger partial charge in [0.25, 0.3) is 0 Å². The van der Waals surface area contributed by atoms with Crippen molar-refractivity contribution in [3.63, 3.8) is 0 Å². The molecule has 1 fully saturated rings. The molecule has 1 atom stereocenters. The van der Waals surface area contributed by atoms with Crippen molar-refractivity contribution in [1.29, 1.82) is 0 Å². The third-order valence-corrected chi connectivity index (χ3v) is 3.20. The first-order valence-corrected chi connectivity index (χ1v) is 5.36. The van der Waals surface area contributed by atoms with Crippen LogP contribution in [0.5, 0.6) is 0 Å². The molecule has 0 aromatic heterocycles. The number of Topliss-reactive ketones (excluding diaryl/α,β-unsaturated/α-hetero) is 1. The van der Waals surface area contributed by atoms with Crippen molar-refractivity contribution in [2.24, 2.45) is 11.3 Å². The molecule has 1 aliphatic carbocycles. The molecular formula is C13H14F2O. The first-order chi connectivity index (χ1) is 7.38. The van der Waals surface area contributed by atoms with Crippen LogP contribution in [0.25, 0.3) is 0 Å². The van der Waals surface area contributed by atoms with Gasteiger partial charge in [-0.25, -0.2) is 8.78 Å². The van der Waals surface area contributed by atoms with Crippen LogP contribution in [-0.2, 0) is 11.2 Å². The fourth-order valence-electron chi connectivity index (χ4n) is 2.05. The van der Waals surface area contributed by atoms with E-state index in [4.69, 9.17) is 0 Å². The summed E-state index contributed by atoms with van der Waals surface area (Å²) in [6.07, 6.45) is 1.01. The molecule has 0 heterocycles. The van der Waals surface area contributed by atoms with Gasteiger partial charge < -0.3 is 0 Å². The predicted molar refractivity (Wildman–Crippen MR) is 57.0 cm³/mol. The third kappa shape index (κ3) is 2.29. The van der Waals surface area contributed by atoms with Gasteiger partial charge >= 0.3 is 0 Å². The molecule has 0 saturated heterocycles. The lowest BCUT2D eigenvalue weighted by molar-refractivity contribution is -0.120. The Hall–Kier alpha value is -1.25. The standard InChI is InChI=1S/C13H14F2O/c1-13(2)7-11(13)12(16)5-8-3-9(14)6-10(15)4-8/h3-4,6,11H,5,7H2,1-2H3. The van der Waals surface area contributed by atoms with Crippen molar-refractivity contribution in [2.45, 2.75) is 26.7 Å². The molecule has 0 amide bonds. The average Bonchev–Trinajstić information content (AvgIpc) is 2.73. The molecule has 1 aromatic carbocycles. The van der Waals surface area contributed by atoms with Crippen molar-refractivity contribution in [3.05, 3.63) is 35.4 Å². The third-order valence-electron chi connectivity index (χ3n) is 3.20. The number of hydrogen-bond donors (Lipinski definition) is 0. The highest BCUT2D eigenvalue weighted by atomic mass is 19.1. The summed E-state index contributed by atoms with van der Waals surface area (Å²) in [5, 5.41) is 0. The van der Waals surface area contributed by atoms with Crippen LogP contribution < -0.4 is 0 Å². The maximum atomic E-state index is 12.9. The lowest BCUT2D eigenvalue weighted by Crippen LogP contribution is -2.09. The summed E-state index contributed by atoms with van der Waals surface area (Å²) in [6, 6.07) is 3.25. The lowest BCUT2D eigenvalue weighted by atomic mass is 10.0. The molecule has 1 unspecified atom stereocenters. The molecule has 0 radical (unpaired) electrons. The minimum atomic E-state index is -0.627. The van der Waals surface area contributed by atoms with Gasteiger partial charge in [0.2, 0.25) is 0 Å². The maximum absolute atomic E-state index is 12.9. The molecule has 1 nitrogen and oxygen atoms in total. The zero-order valence-electron chi connectivity index (χ0n) is 9.39. The van der Waals surface area contributed by atoms with Crippen molar-refractivity contribution >= 4 is 5.78 Å². The zero-order chi connectivity index (χ0) is 11.9. The van der Waals surface area contributed by atoms with Gasteiger partial charge in [0.05, 0.1) is 0 Å². The van der Waals surface area contributed by atoms with Crippen LogP contribution in [0.3, 0.4) is 0 Å². The van der Waals surface area contributed by atoms with E-state index in [1.54, 1.807) is 0 Å². The van der Waals surface area contributed by atoms with E-state index in [0.717, 1.165) is 12.5 Å². The van der Waals surface area contributed by atoms with Gasteiger partial charge in [0.15, 0.2) is 0 Å². The fourth-order valence-corrected chi connectivity index (χ4v) is 2.05. The van der Waals surface area contributed by atoms with Gasteiger partial charge in [-0.05, 0) is 29.5 Å². The number of carbonyl (C=O) groups is 1. The molecular weight excluding hydrogens is 210 g/mol. The van der Waals surface area contributed by atoms with E-state index in [0.29, 0.717) is 5.56 Å². The first kappa shape index (κ1) is 11.2.